The number of carboxylic acid groups (broad SMARTS) is 4. The van der Waals surface area contributed by atoms with Crippen molar-refractivity contribution in [3.63, 3.8) is 0 Å². The Kier molecular flexibility index (Phi) is 24.7. The van der Waals surface area contributed by atoms with Gasteiger partial charge in [-0.1, -0.05) is 29.8 Å². The van der Waals surface area contributed by atoms with Crippen LogP contribution < -0.4 is 38.6 Å². The summed E-state index contributed by atoms with van der Waals surface area (Å²) in [6, 6.07) is 22.4. The number of carbonyl (C=O) groups excluding carboxylic acids is 2. The van der Waals surface area contributed by atoms with Gasteiger partial charge < -0.3 is 58.4 Å². The van der Waals surface area contributed by atoms with Crippen LogP contribution in [0.15, 0.2) is 200 Å². The molecule has 138 heavy (non-hydrogen) atoms. The summed E-state index contributed by atoms with van der Waals surface area (Å²) in [5, 5.41) is 49.8. The van der Waals surface area contributed by atoms with Gasteiger partial charge in [-0.2, -0.15) is 64.0 Å². The highest BCUT2D eigenvalue weighted by molar-refractivity contribution is 7.17. The van der Waals surface area contributed by atoms with Crippen molar-refractivity contribution in [3.8, 4) is 17.1 Å². The molecule has 19 rings (SSSR count). The number of ether oxygens (including phenoxy) is 1. The van der Waals surface area contributed by atoms with Crippen molar-refractivity contribution in [3.05, 3.63) is 341 Å². The molecule has 0 radical (unpaired) electrons. The molecule has 0 bridgehead atoms. The van der Waals surface area contributed by atoms with Crippen LogP contribution in [0.1, 0.15) is 108 Å². The number of alkyl halides is 12. The van der Waals surface area contributed by atoms with E-state index in [-0.39, 0.29) is 112 Å². The third-order valence-electron chi connectivity index (χ3n) is 22.3. The number of halogens is 16. The zero-order valence-electron chi connectivity index (χ0n) is 69.6. The maximum atomic E-state index is 14.4. The molecule has 18 aromatic rings. The summed E-state index contributed by atoms with van der Waals surface area (Å²) in [5.74, 6) is -11.9. The Hall–Kier alpha value is -15.8. The fraction of sp³-hybridized carbons (Fsp3) is 0.133. The van der Waals surface area contributed by atoms with E-state index >= 15 is 0 Å². The molecule has 1 aliphatic rings. The van der Waals surface area contributed by atoms with Crippen molar-refractivity contribution in [1.29, 1.82) is 0 Å². The number of aryl methyl sites for hydroxylation is 2. The molecule has 708 valence electrons. The maximum absolute atomic E-state index is 14.4. The molecule has 11 aromatic heterocycles. The van der Waals surface area contributed by atoms with E-state index < -0.39 is 198 Å². The number of aromatic nitrogens is 10. The Morgan fingerprint density at radius 1 is 0.406 bits per heavy atom. The van der Waals surface area contributed by atoms with Crippen LogP contribution in [0, 0.1) is 37.1 Å². The molecule has 28 nitrogen and oxygen atoms in total. The van der Waals surface area contributed by atoms with Gasteiger partial charge in [0.05, 0.1) is 113 Å². The molecule has 48 heteroatoms. The van der Waals surface area contributed by atoms with Gasteiger partial charge in [0, 0.05) is 74.2 Å². The van der Waals surface area contributed by atoms with E-state index in [2.05, 4.69) is 15.0 Å². The number of benzene rings is 7. The molecule has 7 aromatic carbocycles. The number of nitrogens with zero attached hydrogens (tertiary/aromatic N) is 8. The smallest absolute Gasteiger partial charge is 0.416 e. The summed E-state index contributed by atoms with van der Waals surface area (Å²) in [5.41, 5.74) is -10.9. The SMILES string of the molecule is COCn1c(C(=O)O)c(N2C(=O)Cc3cscc3C2=O)c2cc(C(F)(F)F)ccc21.Cc1ccc(C)c(Cn2c(C(=O)O)c(-n3c(=O)[nH]c4cscc4c3=O)c3cc(C(F)(F)F)ccc32)c1.O=C(O)c1c(-n2c(=O)[nH]c3ccsc3c2=O)c2cc(C(F)(F)F)ccc2n1Cc1cc(F)ccc1F.O=C(O)c1c(-n2c(=O)[nH]c3cscc3c2=O)c2cc(C(F)(F)F)ccc2n1Cc1ccc(F)c(F)c1. The van der Waals surface area contributed by atoms with Crippen LogP contribution in [0.5, 0.6) is 0 Å². The Morgan fingerprint density at radius 2 is 0.819 bits per heavy atom. The molecule has 0 saturated heterocycles. The molecule has 0 unspecified atom stereocenters. The summed E-state index contributed by atoms with van der Waals surface area (Å²) in [6.45, 7) is 2.39. The minimum atomic E-state index is -4.83. The second-order valence-electron chi connectivity index (χ2n) is 30.7. The van der Waals surface area contributed by atoms with Crippen molar-refractivity contribution in [1.82, 2.24) is 46.9 Å². The first-order valence-corrected chi connectivity index (χ1v) is 43.2. The lowest BCUT2D eigenvalue weighted by Gasteiger charge is -2.25. The van der Waals surface area contributed by atoms with Crippen molar-refractivity contribution >= 4 is 162 Å². The Labute approximate surface area is 770 Å². The number of amides is 2. The van der Waals surface area contributed by atoms with Crippen LogP contribution in [-0.4, -0.2) is 110 Å². The zero-order chi connectivity index (χ0) is 99.6. The predicted octanol–water partition coefficient (Wildman–Crippen LogP) is 18.3. The fourth-order valence-electron chi connectivity index (χ4n) is 16.2. The van der Waals surface area contributed by atoms with Gasteiger partial charge in [-0.3, -0.25) is 24.0 Å². The van der Waals surface area contributed by atoms with Crippen molar-refractivity contribution in [2.45, 2.75) is 71.3 Å². The number of rotatable bonds is 16. The van der Waals surface area contributed by atoms with E-state index in [0.29, 0.717) is 48.4 Å². The maximum Gasteiger partial charge on any atom is 0.416 e. The number of aromatic amines is 3. The van der Waals surface area contributed by atoms with Gasteiger partial charge in [0.15, 0.2) is 34.4 Å². The van der Waals surface area contributed by atoms with Crippen molar-refractivity contribution in [2.75, 3.05) is 12.0 Å². The zero-order valence-corrected chi connectivity index (χ0v) is 72.9. The Bertz CT molecular complexity index is 8340. The second kappa shape index (κ2) is 35.8. The molecule has 0 atom stereocenters. The average Bonchev–Trinajstić information content (AvgIpc) is 1.56. The minimum Gasteiger partial charge on any atom is -0.477 e. The number of thiophene rings is 4. The lowest BCUT2D eigenvalue weighted by atomic mass is 10.0. The molecule has 1 aliphatic heterocycles. The molecule has 0 aliphatic carbocycles. The number of fused-ring (bicyclic) bond motifs is 8. The first kappa shape index (κ1) is 95.3. The number of nitrogens with one attached hydrogen (secondary N) is 3. The standard InChI is InChI=1S/C25H18F3N3O4S.2C23H12F5N3O4S.C19H13F3N2O5S/c1-12-3-4-13(2)14(7-12)9-30-19-6-5-15(25(26,27)28)8-16(19)20(21(30)23(33)34)31-22(32)17-10-36-11-18(17)29-24(31)35;24-12-2-3-14(25)10(7-12)9-30-16-4-1-11(23(26,27)28)8-13(16)17(18(30)21(33)34)31-20(32)19-15(5-6-36-19)29-22(31)35;24-14-3-1-10(5-15(14)25)7-30-17-4-2-11(23(26,27)28)6-12(17)18(19(30)21(33)34)31-20(32)13-8-36-9-16(13)29-22(31)35;1-29-8-23-13-3-2-10(19(20,21)22)5-11(13)15(16(23)18(27)28)24-14(25)4-9-6-30-7-12(9)17(24)26/h3-8,10-11H,9H2,1-2H3,(H,29,35)(H,33,34);1-8H,9H2,(H,29,35)(H,33,34);1-6,8-9H,7H2,(H,29,35)(H,33,34);2-3,5-7H,4,8H2,1H3,(H,27,28). The topological polar surface area (TPSA) is 380 Å². The van der Waals surface area contributed by atoms with Crippen LogP contribution >= 0.6 is 45.3 Å². The van der Waals surface area contributed by atoms with Crippen LogP contribution in [-0.2, 0) is 67.0 Å². The summed E-state index contributed by atoms with van der Waals surface area (Å²) < 4.78 is 228. The summed E-state index contributed by atoms with van der Waals surface area (Å²) >= 11 is 4.39. The lowest BCUT2D eigenvalue weighted by molar-refractivity contribution is -0.138. The molecular formula is C90H55F16N11O17S4. The molecule has 0 fully saturated rings. The summed E-state index contributed by atoms with van der Waals surface area (Å²) in [6.07, 6.45) is -19.2. The number of carbonyl (C=O) groups is 6. The van der Waals surface area contributed by atoms with E-state index in [4.69, 9.17) is 4.74 Å². The number of hydrogen-bond donors (Lipinski definition) is 7. The quantitative estimate of drug-likeness (QED) is 0.0349. The van der Waals surface area contributed by atoms with E-state index in [0.717, 1.165) is 137 Å². The van der Waals surface area contributed by atoms with E-state index in [1.165, 1.54) is 68.1 Å². The molecule has 0 spiro atoms. The second-order valence-corrected chi connectivity index (χ2v) is 33.9. The van der Waals surface area contributed by atoms with Gasteiger partial charge in [0.25, 0.3) is 22.6 Å². The fourth-order valence-corrected chi connectivity index (χ4v) is 19.3. The lowest BCUT2D eigenvalue weighted by Crippen LogP contribution is -2.42. The largest absolute Gasteiger partial charge is 0.477 e. The van der Waals surface area contributed by atoms with E-state index in [1.54, 1.807) is 10.8 Å². The number of aromatic carboxylic acids is 4. The highest BCUT2D eigenvalue weighted by Gasteiger charge is 2.43. The molecule has 7 N–H and O–H groups in total. The number of methoxy groups -OCH3 is 1. The van der Waals surface area contributed by atoms with Crippen LogP contribution in [0.4, 0.5) is 75.9 Å². The highest BCUT2D eigenvalue weighted by Crippen LogP contribution is 2.45. The number of H-pyrrole nitrogens is 3. The van der Waals surface area contributed by atoms with Gasteiger partial charge >= 0.3 is 65.7 Å². The van der Waals surface area contributed by atoms with Gasteiger partial charge in [-0.05, 0) is 156 Å². The van der Waals surface area contributed by atoms with Crippen LogP contribution in [0.2, 0.25) is 0 Å². The van der Waals surface area contributed by atoms with E-state index in [9.17, 15) is 148 Å². The normalized spacial score (nSPS) is 12.6. The number of anilines is 1. The summed E-state index contributed by atoms with van der Waals surface area (Å²) in [7, 11) is 1.29. The third kappa shape index (κ3) is 17.3. The van der Waals surface area contributed by atoms with Gasteiger partial charge in [0.1, 0.15) is 23.1 Å². The average molecular weight is 1990 g/mol. The van der Waals surface area contributed by atoms with Crippen molar-refractivity contribution < 1.29 is 124 Å². The number of hydrogen-bond acceptors (Lipinski definition) is 17. The third-order valence-corrected chi connectivity index (χ3v) is 25.4. The minimum absolute atomic E-state index is 0.00433. The van der Waals surface area contributed by atoms with Gasteiger partial charge in [0.2, 0.25) is 5.91 Å². The first-order valence-electron chi connectivity index (χ1n) is 39.4. The first-order chi connectivity index (χ1) is 65.1. The number of imide groups is 1. The van der Waals surface area contributed by atoms with E-state index in [1.807, 2.05) is 32.0 Å². The molecular weight excluding hydrogens is 1940 g/mol. The predicted molar refractivity (Wildman–Crippen MR) is 473 cm³/mol. The molecule has 0 saturated carbocycles. The van der Waals surface area contributed by atoms with Crippen LogP contribution in [0.3, 0.4) is 0 Å². The Balaban J connectivity index is 0.000000133. The molecule has 12 heterocycles. The number of carboxylic acids is 4. The monoisotopic (exact) mass is 1990 g/mol. The molecule has 2 amide bonds. The Morgan fingerprint density at radius 3 is 1.27 bits per heavy atom. The van der Waals surface area contributed by atoms with Crippen molar-refractivity contribution in [2.24, 2.45) is 0 Å². The summed E-state index contributed by atoms with van der Waals surface area (Å²) in [4.78, 5) is 162. The van der Waals surface area contributed by atoms with Crippen LogP contribution in [0.25, 0.3) is 92.7 Å². The highest BCUT2D eigenvalue weighted by atomic mass is 32.1. The van der Waals surface area contributed by atoms with Gasteiger partial charge in [-0.15, -0.1) is 34.0 Å². The van der Waals surface area contributed by atoms with Gasteiger partial charge in [-0.25, -0.2) is 69.7 Å².